The molecule has 1 N–H and O–H groups in total. The molecular formula is C14H25N3O. The predicted octanol–water partition coefficient (Wildman–Crippen LogP) is 2.89. The van der Waals surface area contributed by atoms with Gasteiger partial charge in [0.15, 0.2) is 5.82 Å². The molecule has 1 rings (SSSR count). The summed E-state index contributed by atoms with van der Waals surface area (Å²) >= 11 is 0. The molecule has 18 heavy (non-hydrogen) atoms. The molecule has 0 aliphatic rings. The van der Waals surface area contributed by atoms with E-state index in [0.717, 1.165) is 19.5 Å². The van der Waals surface area contributed by atoms with Gasteiger partial charge in [0.05, 0.1) is 0 Å². The Bertz CT molecular complexity index is 398. The van der Waals surface area contributed by atoms with E-state index in [4.69, 9.17) is 0 Å². The maximum atomic E-state index is 12.1. The minimum absolute atomic E-state index is 0.0123. The predicted molar refractivity (Wildman–Crippen MR) is 76.0 cm³/mol. The van der Waals surface area contributed by atoms with Gasteiger partial charge in [0.25, 0.3) is 5.56 Å². The number of nitrogens with zero attached hydrogens (tertiary/aromatic N) is 2. The normalized spacial score (nSPS) is 10.9. The van der Waals surface area contributed by atoms with E-state index in [2.05, 4.69) is 31.1 Å². The number of hydrogen-bond donors (Lipinski definition) is 1. The van der Waals surface area contributed by atoms with E-state index in [9.17, 15) is 4.79 Å². The lowest BCUT2D eigenvalue weighted by Gasteiger charge is -2.10. The van der Waals surface area contributed by atoms with Crippen molar-refractivity contribution in [2.45, 2.75) is 53.0 Å². The number of anilines is 1. The van der Waals surface area contributed by atoms with Crippen molar-refractivity contribution in [2.75, 3.05) is 11.9 Å². The Morgan fingerprint density at radius 2 is 2.11 bits per heavy atom. The maximum absolute atomic E-state index is 12.1. The molecule has 0 atom stereocenters. The molecule has 102 valence electrons. The van der Waals surface area contributed by atoms with E-state index in [0.29, 0.717) is 11.7 Å². The molecule has 1 heterocycles. The Balaban J connectivity index is 2.53. The Morgan fingerprint density at radius 1 is 1.33 bits per heavy atom. The highest BCUT2D eigenvalue weighted by molar-refractivity contribution is 5.30. The fraction of sp³-hybridized carbons (Fsp3) is 0.714. The largest absolute Gasteiger partial charge is 0.365 e. The summed E-state index contributed by atoms with van der Waals surface area (Å²) in [7, 11) is 0. The van der Waals surface area contributed by atoms with Gasteiger partial charge in [0.1, 0.15) is 0 Å². The highest BCUT2D eigenvalue weighted by atomic mass is 16.1. The zero-order valence-electron chi connectivity index (χ0n) is 11.8. The van der Waals surface area contributed by atoms with E-state index in [1.807, 2.05) is 0 Å². The summed E-state index contributed by atoms with van der Waals surface area (Å²) < 4.78 is 1.73. The number of rotatable bonds is 8. The standard InChI is InChI=1S/C14H25N3O/c1-4-5-6-7-8-15-13-14(18)17(10-9-16-13)11-12(2)3/h9-10,12H,4-8,11H2,1-3H3,(H,15,16). The first-order valence-electron chi connectivity index (χ1n) is 6.94. The van der Waals surface area contributed by atoms with E-state index >= 15 is 0 Å². The molecule has 1 aromatic heterocycles. The van der Waals surface area contributed by atoms with Gasteiger partial charge < -0.3 is 9.88 Å². The monoisotopic (exact) mass is 251 g/mol. The Labute approximate surface area is 109 Å². The molecule has 0 amide bonds. The van der Waals surface area contributed by atoms with Gasteiger partial charge >= 0.3 is 0 Å². The first-order chi connectivity index (χ1) is 8.65. The molecule has 0 radical (unpaired) electrons. The van der Waals surface area contributed by atoms with Crippen LogP contribution in [0.4, 0.5) is 5.82 Å². The fourth-order valence-corrected chi connectivity index (χ4v) is 1.86. The molecule has 4 nitrogen and oxygen atoms in total. The zero-order valence-corrected chi connectivity index (χ0v) is 11.8. The lowest BCUT2D eigenvalue weighted by atomic mass is 10.2. The second-order valence-corrected chi connectivity index (χ2v) is 5.11. The number of unbranched alkanes of at least 4 members (excludes halogenated alkanes) is 3. The highest BCUT2D eigenvalue weighted by Crippen LogP contribution is 2.01. The molecule has 0 unspecified atom stereocenters. The van der Waals surface area contributed by atoms with Gasteiger partial charge in [-0.15, -0.1) is 0 Å². The molecule has 1 aromatic rings. The number of hydrogen-bond acceptors (Lipinski definition) is 3. The summed E-state index contributed by atoms with van der Waals surface area (Å²) in [5.74, 6) is 0.942. The molecule has 0 saturated carbocycles. The fourth-order valence-electron chi connectivity index (χ4n) is 1.86. The van der Waals surface area contributed by atoms with Crippen LogP contribution < -0.4 is 10.9 Å². The Kier molecular flexibility index (Phi) is 6.47. The van der Waals surface area contributed by atoms with Crippen molar-refractivity contribution in [3.8, 4) is 0 Å². The second-order valence-electron chi connectivity index (χ2n) is 5.11. The van der Waals surface area contributed by atoms with Gasteiger partial charge in [-0.05, 0) is 12.3 Å². The Hall–Kier alpha value is -1.32. The van der Waals surface area contributed by atoms with E-state index < -0.39 is 0 Å². The van der Waals surface area contributed by atoms with Crippen LogP contribution in [0.2, 0.25) is 0 Å². The smallest absolute Gasteiger partial charge is 0.293 e. The van der Waals surface area contributed by atoms with Gasteiger partial charge in [-0.1, -0.05) is 40.0 Å². The summed E-state index contributed by atoms with van der Waals surface area (Å²) in [4.78, 5) is 16.2. The van der Waals surface area contributed by atoms with Crippen LogP contribution in [0.25, 0.3) is 0 Å². The zero-order chi connectivity index (χ0) is 13.4. The van der Waals surface area contributed by atoms with Gasteiger partial charge in [0, 0.05) is 25.5 Å². The lowest BCUT2D eigenvalue weighted by molar-refractivity contribution is 0.509. The van der Waals surface area contributed by atoms with Crippen molar-refractivity contribution >= 4 is 5.82 Å². The van der Waals surface area contributed by atoms with Crippen LogP contribution in [0, 0.1) is 5.92 Å². The number of nitrogens with one attached hydrogen (secondary N) is 1. The molecule has 0 aliphatic heterocycles. The van der Waals surface area contributed by atoms with E-state index in [1.54, 1.807) is 17.0 Å². The summed E-state index contributed by atoms with van der Waals surface area (Å²) in [5.41, 5.74) is -0.0123. The van der Waals surface area contributed by atoms with Crippen LogP contribution in [0.1, 0.15) is 46.5 Å². The van der Waals surface area contributed by atoms with Crippen LogP contribution in [0.15, 0.2) is 17.2 Å². The number of aromatic nitrogens is 2. The van der Waals surface area contributed by atoms with Crippen molar-refractivity contribution in [3.63, 3.8) is 0 Å². The molecule has 0 saturated heterocycles. The average Bonchev–Trinajstić information content (AvgIpc) is 2.33. The minimum atomic E-state index is -0.0123. The SMILES string of the molecule is CCCCCCNc1nccn(CC(C)C)c1=O. The van der Waals surface area contributed by atoms with E-state index in [-0.39, 0.29) is 5.56 Å². The van der Waals surface area contributed by atoms with Crippen LogP contribution in [0.5, 0.6) is 0 Å². The second kappa shape index (κ2) is 7.90. The average molecular weight is 251 g/mol. The molecule has 0 aliphatic carbocycles. The van der Waals surface area contributed by atoms with E-state index in [1.165, 1.54) is 19.3 Å². The quantitative estimate of drug-likeness (QED) is 0.723. The summed E-state index contributed by atoms with van der Waals surface area (Å²) in [5, 5.41) is 3.14. The third-order valence-electron chi connectivity index (χ3n) is 2.80. The highest BCUT2D eigenvalue weighted by Gasteiger charge is 2.05. The molecular weight excluding hydrogens is 226 g/mol. The van der Waals surface area contributed by atoms with Crippen LogP contribution in [-0.2, 0) is 6.54 Å². The van der Waals surface area contributed by atoms with Gasteiger partial charge in [-0.2, -0.15) is 0 Å². The van der Waals surface area contributed by atoms with Crippen molar-refractivity contribution in [1.29, 1.82) is 0 Å². The van der Waals surface area contributed by atoms with Gasteiger partial charge in [-0.3, -0.25) is 4.79 Å². The lowest BCUT2D eigenvalue weighted by Crippen LogP contribution is -2.26. The van der Waals surface area contributed by atoms with Crippen molar-refractivity contribution < 1.29 is 0 Å². The molecule has 4 heteroatoms. The van der Waals surface area contributed by atoms with Crippen molar-refractivity contribution in [1.82, 2.24) is 9.55 Å². The van der Waals surface area contributed by atoms with Gasteiger partial charge in [0.2, 0.25) is 0 Å². The minimum Gasteiger partial charge on any atom is -0.365 e. The van der Waals surface area contributed by atoms with Crippen LogP contribution in [-0.4, -0.2) is 16.1 Å². The van der Waals surface area contributed by atoms with Crippen molar-refractivity contribution in [3.05, 3.63) is 22.7 Å². The topological polar surface area (TPSA) is 46.9 Å². The first-order valence-corrected chi connectivity index (χ1v) is 6.94. The third kappa shape index (κ3) is 4.90. The first kappa shape index (κ1) is 14.7. The molecule has 0 bridgehead atoms. The summed E-state index contributed by atoms with van der Waals surface area (Å²) in [6, 6.07) is 0. The third-order valence-corrected chi connectivity index (χ3v) is 2.80. The van der Waals surface area contributed by atoms with Crippen LogP contribution in [0.3, 0.4) is 0 Å². The van der Waals surface area contributed by atoms with Crippen molar-refractivity contribution in [2.24, 2.45) is 5.92 Å². The Morgan fingerprint density at radius 3 is 2.78 bits per heavy atom. The molecule has 0 spiro atoms. The molecule has 0 fully saturated rings. The summed E-state index contributed by atoms with van der Waals surface area (Å²) in [6.07, 6.45) is 8.22. The van der Waals surface area contributed by atoms with Gasteiger partial charge in [-0.25, -0.2) is 4.98 Å². The molecule has 0 aromatic carbocycles. The van der Waals surface area contributed by atoms with Crippen LogP contribution >= 0.6 is 0 Å². The maximum Gasteiger partial charge on any atom is 0.293 e. The summed E-state index contributed by atoms with van der Waals surface area (Å²) in [6.45, 7) is 7.96.